The number of hydrogen-bond donors (Lipinski definition) is 1. The van der Waals surface area contributed by atoms with Crippen LogP contribution in [0.3, 0.4) is 0 Å². The normalized spacial score (nSPS) is 13.0. The fourth-order valence-corrected chi connectivity index (χ4v) is 2.76. The monoisotopic (exact) mass is 385 g/mol. The molecule has 0 aromatic heterocycles. The van der Waals surface area contributed by atoms with E-state index in [0.29, 0.717) is 12.5 Å². The van der Waals surface area contributed by atoms with Crippen LogP contribution >= 0.6 is 0 Å². The minimum absolute atomic E-state index is 0.150. The van der Waals surface area contributed by atoms with Gasteiger partial charge in [0.15, 0.2) is 6.10 Å². The van der Waals surface area contributed by atoms with Crippen LogP contribution in [0, 0.1) is 6.92 Å². The van der Waals surface area contributed by atoms with Crippen LogP contribution < -0.4 is 19.5 Å². The van der Waals surface area contributed by atoms with E-state index >= 15 is 0 Å². The van der Waals surface area contributed by atoms with Gasteiger partial charge in [-0.3, -0.25) is 4.79 Å². The van der Waals surface area contributed by atoms with Gasteiger partial charge in [-0.1, -0.05) is 26.0 Å². The zero-order valence-corrected chi connectivity index (χ0v) is 17.6. The molecule has 152 valence electrons. The summed E-state index contributed by atoms with van der Waals surface area (Å²) in [7, 11) is 1.62. The Bertz CT molecular complexity index is 771. The van der Waals surface area contributed by atoms with Crippen molar-refractivity contribution in [2.24, 2.45) is 0 Å². The van der Waals surface area contributed by atoms with E-state index < -0.39 is 6.10 Å². The van der Waals surface area contributed by atoms with Crippen molar-refractivity contribution in [1.29, 1.82) is 0 Å². The van der Waals surface area contributed by atoms with Gasteiger partial charge in [-0.05, 0) is 68.1 Å². The minimum Gasteiger partial charge on any atom is -0.497 e. The second kappa shape index (κ2) is 10.0. The second-order valence-corrected chi connectivity index (χ2v) is 7.35. The SMILES string of the molecule is COc1ccc(OC[C@@H](C)NC(=O)[C@@H](C)Oc2cc(C)ccc2C(C)C)cc1. The Labute approximate surface area is 168 Å². The predicted molar refractivity (Wildman–Crippen MR) is 111 cm³/mol. The highest BCUT2D eigenvalue weighted by molar-refractivity contribution is 5.81. The molecule has 0 aliphatic heterocycles. The van der Waals surface area contributed by atoms with Crippen LogP contribution in [-0.4, -0.2) is 31.8 Å². The average molecular weight is 386 g/mol. The molecule has 2 rings (SSSR count). The Morgan fingerprint density at radius 1 is 1.00 bits per heavy atom. The zero-order chi connectivity index (χ0) is 20.7. The molecule has 0 bridgehead atoms. The number of methoxy groups -OCH3 is 1. The summed E-state index contributed by atoms with van der Waals surface area (Å²) in [6, 6.07) is 13.3. The number of nitrogens with one attached hydrogen (secondary N) is 1. The molecule has 1 amide bonds. The Morgan fingerprint density at radius 3 is 2.25 bits per heavy atom. The standard InChI is InChI=1S/C23H31NO4/c1-15(2)21-12-7-16(3)13-22(21)28-18(5)23(25)24-17(4)14-27-20-10-8-19(26-6)9-11-20/h7-13,15,17-18H,14H2,1-6H3,(H,24,25)/t17-,18-/m1/s1. The van der Waals surface area contributed by atoms with Gasteiger partial charge < -0.3 is 19.5 Å². The fraction of sp³-hybridized carbons (Fsp3) is 0.435. The number of aryl methyl sites for hydroxylation is 1. The third-order valence-electron chi connectivity index (χ3n) is 4.41. The predicted octanol–water partition coefficient (Wildman–Crippen LogP) is 4.48. The lowest BCUT2D eigenvalue weighted by molar-refractivity contribution is -0.128. The van der Waals surface area contributed by atoms with E-state index in [1.54, 1.807) is 14.0 Å². The first-order valence-electron chi connectivity index (χ1n) is 9.64. The smallest absolute Gasteiger partial charge is 0.261 e. The fourth-order valence-electron chi connectivity index (χ4n) is 2.76. The zero-order valence-electron chi connectivity index (χ0n) is 17.6. The van der Waals surface area contributed by atoms with Gasteiger partial charge in [0.25, 0.3) is 5.91 Å². The van der Waals surface area contributed by atoms with Gasteiger partial charge in [0.2, 0.25) is 0 Å². The van der Waals surface area contributed by atoms with Crippen molar-refractivity contribution in [3.05, 3.63) is 53.6 Å². The van der Waals surface area contributed by atoms with Gasteiger partial charge in [0.05, 0.1) is 13.2 Å². The summed E-state index contributed by atoms with van der Waals surface area (Å²) >= 11 is 0. The molecule has 0 heterocycles. The molecule has 0 unspecified atom stereocenters. The lowest BCUT2D eigenvalue weighted by Crippen LogP contribution is -2.43. The van der Waals surface area contributed by atoms with E-state index in [0.717, 1.165) is 28.4 Å². The molecule has 28 heavy (non-hydrogen) atoms. The van der Waals surface area contributed by atoms with Gasteiger partial charge in [-0.2, -0.15) is 0 Å². The molecule has 0 aliphatic rings. The summed E-state index contributed by atoms with van der Waals surface area (Å²) in [5.74, 6) is 2.42. The van der Waals surface area contributed by atoms with E-state index in [1.165, 1.54) is 0 Å². The number of amides is 1. The van der Waals surface area contributed by atoms with Crippen molar-refractivity contribution in [2.75, 3.05) is 13.7 Å². The molecule has 0 aliphatic carbocycles. The minimum atomic E-state index is -0.595. The molecule has 0 radical (unpaired) electrons. The molecule has 0 saturated heterocycles. The largest absolute Gasteiger partial charge is 0.497 e. The first-order valence-corrected chi connectivity index (χ1v) is 9.64. The van der Waals surface area contributed by atoms with Crippen LogP contribution in [-0.2, 0) is 4.79 Å². The van der Waals surface area contributed by atoms with Crippen LogP contribution in [0.1, 0.15) is 44.7 Å². The number of carbonyl (C=O) groups excluding carboxylic acids is 1. The molecule has 1 N–H and O–H groups in total. The molecular weight excluding hydrogens is 354 g/mol. The van der Waals surface area contributed by atoms with Gasteiger partial charge in [-0.15, -0.1) is 0 Å². The van der Waals surface area contributed by atoms with Crippen LogP contribution in [0.25, 0.3) is 0 Å². The third kappa shape index (κ3) is 6.19. The Morgan fingerprint density at radius 2 is 1.64 bits per heavy atom. The molecule has 0 fully saturated rings. The maximum absolute atomic E-state index is 12.5. The van der Waals surface area contributed by atoms with Crippen molar-refractivity contribution in [3.8, 4) is 17.2 Å². The summed E-state index contributed by atoms with van der Waals surface area (Å²) in [5.41, 5.74) is 2.20. The highest BCUT2D eigenvalue weighted by atomic mass is 16.5. The first kappa shape index (κ1) is 21.6. The van der Waals surface area contributed by atoms with E-state index in [2.05, 4.69) is 31.3 Å². The molecule has 5 nitrogen and oxygen atoms in total. The van der Waals surface area contributed by atoms with E-state index in [1.807, 2.05) is 44.2 Å². The van der Waals surface area contributed by atoms with Gasteiger partial charge >= 0.3 is 0 Å². The van der Waals surface area contributed by atoms with Gasteiger partial charge in [0.1, 0.15) is 23.9 Å². The lowest BCUT2D eigenvalue weighted by atomic mass is 10.0. The number of hydrogen-bond acceptors (Lipinski definition) is 4. The van der Waals surface area contributed by atoms with Crippen LogP contribution in [0.5, 0.6) is 17.2 Å². The van der Waals surface area contributed by atoms with Gasteiger partial charge in [0, 0.05) is 0 Å². The Kier molecular flexibility index (Phi) is 7.73. The maximum atomic E-state index is 12.5. The molecular formula is C23H31NO4. The highest BCUT2D eigenvalue weighted by Gasteiger charge is 2.19. The second-order valence-electron chi connectivity index (χ2n) is 7.35. The maximum Gasteiger partial charge on any atom is 0.261 e. The number of ether oxygens (including phenoxy) is 3. The van der Waals surface area contributed by atoms with E-state index in [4.69, 9.17) is 14.2 Å². The van der Waals surface area contributed by atoms with Crippen molar-refractivity contribution in [1.82, 2.24) is 5.32 Å². The molecule has 2 aromatic carbocycles. The summed E-state index contributed by atoms with van der Waals surface area (Å²) in [4.78, 5) is 12.5. The number of rotatable bonds is 9. The van der Waals surface area contributed by atoms with E-state index in [9.17, 15) is 4.79 Å². The van der Waals surface area contributed by atoms with Crippen molar-refractivity contribution < 1.29 is 19.0 Å². The van der Waals surface area contributed by atoms with Gasteiger partial charge in [-0.25, -0.2) is 0 Å². The summed E-state index contributed by atoms with van der Waals surface area (Å²) in [6.45, 7) is 10.3. The van der Waals surface area contributed by atoms with Crippen LogP contribution in [0.15, 0.2) is 42.5 Å². The quantitative estimate of drug-likeness (QED) is 0.692. The first-order chi connectivity index (χ1) is 13.3. The summed E-state index contributed by atoms with van der Waals surface area (Å²) in [5, 5.41) is 2.94. The summed E-state index contributed by atoms with van der Waals surface area (Å²) < 4.78 is 16.8. The summed E-state index contributed by atoms with van der Waals surface area (Å²) in [6.07, 6.45) is -0.595. The Hall–Kier alpha value is -2.69. The van der Waals surface area contributed by atoms with Crippen molar-refractivity contribution in [3.63, 3.8) is 0 Å². The molecule has 0 spiro atoms. The molecule has 2 aromatic rings. The topological polar surface area (TPSA) is 56.8 Å². The molecule has 2 atom stereocenters. The van der Waals surface area contributed by atoms with Crippen LogP contribution in [0.2, 0.25) is 0 Å². The third-order valence-corrected chi connectivity index (χ3v) is 4.41. The lowest BCUT2D eigenvalue weighted by Gasteiger charge is -2.21. The molecule has 0 saturated carbocycles. The number of carbonyl (C=O) groups is 1. The van der Waals surface area contributed by atoms with E-state index in [-0.39, 0.29) is 11.9 Å². The van der Waals surface area contributed by atoms with Crippen LogP contribution in [0.4, 0.5) is 0 Å². The average Bonchev–Trinajstić information content (AvgIpc) is 2.66. The molecule has 5 heteroatoms. The Balaban J connectivity index is 1.88. The van der Waals surface area contributed by atoms with Crippen molar-refractivity contribution in [2.45, 2.75) is 52.7 Å². The number of benzene rings is 2. The van der Waals surface area contributed by atoms with Crippen molar-refractivity contribution >= 4 is 5.91 Å². The highest BCUT2D eigenvalue weighted by Crippen LogP contribution is 2.28.